The van der Waals surface area contributed by atoms with Crippen LogP contribution in [-0.4, -0.2) is 28.9 Å². The molecule has 2 N–H and O–H groups in total. The summed E-state index contributed by atoms with van der Waals surface area (Å²) in [4.78, 5) is 42.2. The SMILES string of the molecule is CC(C)c1ccc(N2C(=O)NC(CCC(=O)NCc3ccccn3)C2=O)cc1. The molecule has 1 aliphatic heterocycles. The average molecular weight is 380 g/mol. The minimum atomic E-state index is -0.696. The van der Waals surface area contributed by atoms with Crippen LogP contribution in [0.25, 0.3) is 0 Å². The number of hydrogen-bond donors (Lipinski definition) is 2. The third-order valence-electron chi connectivity index (χ3n) is 4.69. The van der Waals surface area contributed by atoms with Gasteiger partial charge in [0.25, 0.3) is 5.91 Å². The number of nitrogens with one attached hydrogen (secondary N) is 2. The van der Waals surface area contributed by atoms with Crippen molar-refractivity contribution in [2.75, 3.05) is 4.90 Å². The molecule has 2 aromatic rings. The lowest BCUT2D eigenvalue weighted by Crippen LogP contribution is -2.32. The van der Waals surface area contributed by atoms with Crippen molar-refractivity contribution < 1.29 is 14.4 Å². The van der Waals surface area contributed by atoms with Gasteiger partial charge in [0.1, 0.15) is 6.04 Å². The Hall–Kier alpha value is -3.22. The van der Waals surface area contributed by atoms with Gasteiger partial charge in [-0.25, -0.2) is 9.69 Å². The normalized spacial score (nSPS) is 16.4. The maximum Gasteiger partial charge on any atom is 0.329 e. The number of carbonyl (C=O) groups is 3. The molecule has 1 aliphatic rings. The molecule has 28 heavy (non-hydrogen) atoms. The topological polar surface area (TPSA) is 91.4 Å². The smallest absolute Gasteiger partial charge is 0.329 e. The van der Waals surface area contributed by atoms with Crippen LogP contribution in [0.3, 0.4) is 0 Å². The van der Waals surface area contributed by atoms with E-state index in [4.69, 9.17) is 0 Å². The summed E-state index contributed by atoms with van der Waals surface area (Å²) < 4.78 is 0. The summed E-state index contributed by atoms with van der Waals surface area (Å²) >= 11 is 0. The molecule has 1 saturated heterocycles. The van der Waals surface area contributed by atoms with Gasteiger partial charge in [0.15, 0.2) is 0 Å². The second-order valence-electron chi connectivity index (χ2n) is 7.06. The van der Waals surface area contributed by atoms with Crippen molar-refractivity contribution in [1.29, 1.82) is 0 Å². The summed E-state index contributed by atoms with van der Waals surface area (Å²) in [5, 5.41) is 5.43. The van der Waals surface area contributed by atoms with E-state index >= 15 is 0 Å². The fourth-order valence-corrected chi connectivity index (χ4v) is 3.04. The molecule has 146 valence electrons. The Labute approximate surface area is 164 Å². The Morgan fingerprint density at radius 3 is 2.57 bits per heavy atom. The van der Waals surface area contributed by atoms with E-state index in [0.29, 0.717) is 18.2 Å². The monoisotopic (exact) mass is 380 g/mol. The van der Waals surface area contributed by atoms with Crippen LogP contribution < -0.4 is 15.5 Å². The Morgan fingerprint density at radius 1 is 1.18 bits per heavy atom. The van der Waals surface area contributed by atoms with E-state index in [1.54, 1.807) is 18.3 Å². The first-order valence-electron chi connectivity index (χ1n) is 9.36. The van der Waals surface area contributed by atoms with Crippen molar-refractivity contribution in [2.24, 2.45) is 0 Å². The number of benzene rings is 1. The van der Waals surface area contributed by atoms with Crippen molar-refractivity contribution in [1.82, 2.24) is 15.6 Å². The number of carbonyl (C=O) groups excluding carboxylic acids is 3. The molecule has 0 aliphatic carbocycles. The zero-order chi connectivity index (χ0) is 20.1. The second kappa shape index (κ2) is 8.65. The highest BCUT2D eigenvalue weighted by molar-refractivity contribution is 6.21. The highest BCUT2D eigenvalue weighted by Gasteiger charge is 2.38. The van der Waals surface area contributed by atoms with Crippen LogP contribution >= 0.6 is 0 Å². The van der Waals surface area contributed by atoms with E-state index in [1.165, 1.54) is 0 Å². The molecule has 2 heterocycles. The first-order valence-corrected chi connectivity index (χ1v) is 9.36. The molecule has 3 rings (SSSR count). The average Bonchev–Trinajstić information content (AvgIpc) is 2.99. The van der Waals surface area contributed by atoms with Gasteiger partial charge in [-0.2, -0.15) is 0 Å². The van der Waals surface area contributed by atoms with Gasteiger partial charge in [-0.05, 0) is 42.2 Å². The summed E-state index contributed by atoms with van der Waals surface area (Å²) in [5.74, 6) is -0.151. The largest absolute Gasteiger partial charge is 0.350 e. The standard InChI is InChI=1S/C21H24N4O3/c1-14(2)15-6-8-17(9-7-15)25-20(27)18(24-21(25)28)10-11-19(26)23-13-16-5-3-4-12-22-16/h3-9,12,14,18H,10-11,13H2,1-2H3,(H,23,26)(H,24,28). The quantitative estimate of drug-likeness (QED) is 0.723. The van der Waals surface area contributed by atoms with Crippen molar-refractivity contribution >= 4 is 23.5 Å². The minimum Gasteiger partial charge on any atom is -0.350 e. The van der Waals surface area contributed by atoms with Gasteiger partial charge < -0.3 is 10.6 Å². The van der Waals surface area contributed by atoms with Gasteiger partial charge in [-0.1, -0.05) is 32.0 Å². The van der Waals surface area contributed by atoms with E-state index in [9.17, 15) is 14.4 Å². The van der Waals surface area contributed by atoms with Crippen LogP contribution in [0.1, 0.15) is 43.9 Å². The highest BCUT2D eigenvalue weighted by atomic mass is 16.2. The zero-order valence-corrected chi connectivity index (χ0v) is 16.0. The summed E-state index contributed by atoms with van der Waals surface area (Å²) in [5.41, 5.74) is 2.43. The van der Waals surface area contributed by atoms with Crippen molar-refractivity contribution in [2.45, 2.75) is 45.2 Å². The molecule has 0 spiro atoms. The molecule has 0 bridgehead atoms. The molecule has 1 unspecified atom stereocenters. The molecule has 4 amide bonds. The number of aromatic nitrogens is 1. The van der Waals surface area contributed by atoms with Gasteiger partial charge in [-0.15, -0.1) is 0 Å². The fourth-order valence-electron chi connectivity index (χ4n) is 3.04. The van der Waals surface area contributed by atoms with Gasteiger partial charge in [0.2, 0.25) is 5.91 Å². The van der Waals surface area contributed by atoms with Crippen LogP contribution in [0, 0.1) is 0 Å². The number of imide groups is 1. The Kier molecular flexibility index (Phi) is 6.03. The Balaban J connectivity index is 1.54. The van der Waals surface area contributed by atoms with E-state index in [1.807, 2.05) is 30.3 Å². The first kappa shape index (κ1) is 19.5. The van der Waals surface area contributed by atoms with E-state index in [0.717, 1.165) is 16.2 Å². The summed E-state index contributed by atoms with van der Waals surface area (Å²) in [6.45, 7) is 4.49. The lowest BCUT2D eigenvalue weighted by molar-refractivity contribution is -0.122. The number of urea groups is 1. The van der Waals surface area contributed by atoms with E-state index in [-0.39, 0.29) is 24.7 Å². The first-order chi connectivity index (χ1) is 13.5. The third kappa shape index (κ3) is 4.54. The number of amides is 4. The summed E-state index contributed by atoms with van der Waals surface area (Å²) in [6.07, 6.45) is 2.05. The predicted molar refractivity (Wildman–Crippen MR) is 106 cm³/mol. The maximum absolute atomic E-state index is 12.6. The van der Waals surface area contributed by atoms with Gasteiger partial charge in [0, 0.05) is 12.6 Å². The highest BCUT2D eigenvalue weighted by Crippen LogP contribution is 2.24. The number of rotatable bonds is 7. The van der Waals surface area contributed by atoms with Gasteiger partial charge >= 0.3 is 6.03 Å². The summed E-state index contributed by atoms with van der Waals surface area (Å²) in [7, 11) is 0. The molecule has 7 heteroatoms. The number of anilines is 1. The van der Waals surface area contributed by atoms with Crippen molar-refractivity contribution in [3.05, 3.63) is 59.9 Å². The number of pyridine rings is 1. The summed E-state index contributed by atoms with van der Waals surface area (Å²) in [6, 6.07) is 11.7. The van der Waals surface area contributed by atoms with Crippen LogP contribution in [0.15, 0.2) is 48.7 Å². The fraction of sp³-hybridized carbons (Fsp3) is 0.333. The minimum absolute atomic E-state index is 0.143. The van der Waals surface area contributed by atoms with Crippen molar-refractivity contribution in [3.8, 4) is 0 Å². The second-order valence-corrected chi connectivity index (χ2v) is 7.06. The lowest BCUT2D eigenvalue weighted by atomic mass is 10.0. The van der Waals surface area contributed by atoms with Crippen LogP contribution in [0.5, 0.6) is 0 Å². The third-order valence-corrected chi connectivity index (χ3v) is 4.69. The van der Waals surface area contributed by atoms with Crippen LogP contribution in [-0.2, 0) is 16.1 Å². The Bertz CT molecular complexity index is 850. The Morgan fingerprint density at radius 2 is 1.93 bits per heavy atom. The maximum atomic E-state index is 12.6. The molecule has 7 nitrogen and oxygen atoms in total. The van der Waals surface area contributed by atoms with Gasteiger partial charge in [-0.3, -0.25) is 14.6 Å². The molecular weight excluding hydrogens is 356 g/mol. The number of nitrogens with zero attached hydrogens (tertiary/aromatic N) is 2. The molecule has 1 fully saturated rings. The molecule has 0 radical (unpaired) electrons. The van der Waals surface area contributed by atoms with E-state index < -0.39 is 12.1 Å². The lowest BCUT2D eigenvalue weighted by Gasteiger charge is -2.14. The van der Waals surface area contributed by atoms with Gasteiger partial charge in [0.05, 0.1) is 17.9 Å². The molecular formula is C21H24N4O3. The molecule has 1 aromatic heterocycles. The number of hydrogen-bond acceptors (Lipinski definition) is 4. The molecule has 1 aromatic carbocycles. The van der Waals surface area contributed by atoms with Crippen molar-refractivity contribution in [3.63, 3.8) is 0 Å². The predicted octanol–water partition coefficient (Wildman–Crippen LogP) is 2.73. The van der Waals surface area contributed by atoms with E-state index in [2.05, 4.69) is 29.5 Å². The van der Waals surface area contributed by atoms with Crippen LogP contribution in [0.4, 0.5) is 10.5 Å². The molecule has 0 saturated carbocycles. The zero-order valence-electron chi connectivity index (χ0n) is 16.0. The molecule has 1 atom stereocenters. The van der Waals surface area contributed by atoms with Crippen LogP contribution in [0.2, 0.25) is 0 Å².